The maximum atomic E-state index is 13.4. The number of urea groups is 1. The fourth-order valence-corrected chi connectivity index (χ4v) is 5.32. The Labute approximate surface area is 198 Å². The molecule has 2 fully saturated rings. The Hall–Kier alpha value is -2.91. The summed E-state index contributed by atoms with van der Waals surface area (Å²) in [5.74, 6) is -0.231. The van der Waals surface area contributed by atoms with Crippen LogP contribution >= 0.6 is 11.3 Å². The van der Waals surface area contributed by atoms with Crippen LogP contribution in [-0.4, -0.2) is 76.6 Å². The summed E-state index contributed by atoms with van der Waals surface area (Å²) in [6.07, 6.45) is 0.214. The van der Waals surface area contributed by atoms with Crippen LogP contribution in [0.4, 0.5) is 4.79 Å². The molecule has 2 aliphatic rings. The molecule has 0 aliphatic carbocycles. The van der Waals surface area contributed by atoms with Crippen LogP contribution in [-0.2, 0) is 22.6 Å². The third-order valence-corrected chi connectivity index (χ3v) is 7.14. The maximum absolute atomic E-state index is 13.4. The van der Waals surface area contributed by atoms with Crippen LogP contribution < -0.4 is 5.32 Å². The second-order valence-electron chi connectivity index (χ2n) is 8.89. The van der Waals surface area contributed by atoms with Crippen LogP contribution in [0.25, 0.3) is 0 Å². The molecule has 0 radical (unpaired) electrons. The summed E-state index contributed by atoms with van der Waals surface area (Å²) in [6.45, 7) is 5.20. The first-order chi connectivity index (χ1) is 15.9. The van der Waals surface area contributed by atoms with E-state index in [0.29, 0.717) is 19.6 Å². The highest BCUT2D eigenvalue weighted by Gasteiger charge is 2.51. The number of carbonyl (C=O) groups is 3. The number of nitrogens with zero attached hydrogens (tertiary/aromatic N) is 4. The third-order valence-electron chi connectivity index (χ3n) is 6.21. The number of piperazine rings is 1. The number of hydrogen-bond acceptors (Lipinski definition) is 5. The molecule has 0 saturated carbocycles. The topological polar surface area (TPSA) is 76.2 Å². The van der Waals surface area contributed by atoms with Gasteiger partial charge in [0.2, 0.25) is 11.8 Å². The molecular formula is C24H31N5O3S. The van der Waals surface area contributed by atoms with Gasteiger partial charge in [-0.3, -0.25) is 9.59 Å². The van der Waals surface area contributed by atoms with Gasteiger partial charge < -0.3 is 15.1 Å². The van der Waals surface area contributed by atoms with E-state index in [9.17, 15) is 14.4 Å². The lowest BCUT2D eigenvalue weighted by atomic mass is 9.96. The predicted molar refractivity (Wildman–Crippen MR) is 127 cm³/mol. The largest absolute Gasteiger partial charge is 0.337 e. The second-order valence-corrected chi connectivity index (χ2v) is 9.92. The molecule has 9 heteroatoms. The average molecular weight is 470 g/mol. The zero-order valence-electron chi connectivity index (χ0n) is 19.3. The van der Waals surface area contributed by atoms with E-state index >= 15 is 0 Å². The third kappa shape index (κ3) is 4.89. The Morgan fingerprint density at radius 3 is 2.58 bits per heavy atom. The smallest absolute Gasteiger partial charge is 0.334 e. The standard InChI is InChI=1S/C24H31N5O3S/c1-17(2)22-23(31)27(12-11-19-10-7-13-33-19)15-20-28(22)21(30)16-26(3)29(20)24(32)25-14-18-8-5-4-6-9-18/h4-10,13,17,20,22H,11-12,14-16H2,1-3H3,(H,25,32)/t20?,22-/m0/s1. The Kier molecular flexibility index (Phi) is 6.99. The Morgan fingerprint density at radius 1 is 1.15 bits per heavy atom. The van der Waals surface area contributed by atoms with E-state index in [1.165, 1.54) is 4.88 Å². The summed E-state index contributed by atoms with van der Waals surface area (Å²) in [6, 6.07) is 12.9. The molecular weight excluding hydrogens is 438 g/mol. The molecule has 0 spiro atoms. The molecule has 4 rings (SSSR count). The van der Waals surface area contributed by atoms with E-state index in [-0.39, 0.29) is 30.3 Å². The van der Waals surface area contributed by atoms with Crippen molar-refractivity contribution in [1.82, 2.24) is 25.1 Å². The summed E-state index contributed by atoms with van der Waals surface area (Å²) in [5, 5.41) is 8.27. The lowest BCUT2D eigenvalue weighted by molar-refractivity contribution is -0.189. The van der Waals surface area contributed by atoms with Crippen LogP contribution in [0, 0.1) is 5.92 Å². The van der Waals surface area contributed by atoms with Gasteiger partial charge in [0.25, 0.3) is 0 Å². The number of amides is 4. The minimum atomic E-state index is -0.585. The molecule has 1 aromatic heterocycles. The maximum Gasteiger partial charge on any atom is 0.334 e. The fraction of sp³-hybridized carbons (Fsp3) is 0.458. The van der Waals surface area contributed by atoms with E-state index in [0.717, 1.165) is 12.0 Å². The first-order valence-electron chi connectivity index (χ1n) is 11.3. The molecule has 1 aromatic carbocycles. The van der Waals surface area contributed by atoms with Gasteiger partial charge in [-0.05, 0) is 29.3 Å². The number of carbonyl (C=O) groups excluding carboxylic acids is 3. The van der Waals surface area contributed by atoms with Crippen molar-refractivity contribution >= 4 is 29.2 Å². The summed E-state index contributed by atoms with van der Waals surface area (Å²) in [4.78, 5) is 44.4. The Morgan fingerprint density at radius 2 is 1.91 bits per heavy atom. The SMILES string of the molecule is CC(C)[C@H]1C(=O)N(CCc2cccs2)CC2N1C(=O)CN(C)N2C(=O)NCc1ccccc1. The highest BCUT2D eigenvalue weighted by molar-refractivity contribution is 7.09. The quantitative estimate of drug-likeness (QED) is 0.705. The number of hydrogen-bond donors (Lipinski definition) is 1. The molecule has 33 heavy (non-hydrogen) atoms. The number of nitrogens with one attached hydrogen (secondary N) is 1. The van der Waals surface area contributed by atoms with Crippen LogP contribution in [0.1, 0.15) is 24.3 Å². The van der Waals surface area contributed by atoms with Gasteiger partial charge in [0.05, 0.1) is 13.1 Å². The Balaban J connectivity index is 1.56. The summed E-state index contributed by atoms with van der Waals surface area (Å²) in [5.41, 5.74) is 0.995. The van der Waals surface area contributed by atoms with E-state index in [1.54, 1.807) is 33.3 Å². The van der Waals surface area contributed by atoms with Crippen LogP contribution in [0.3, 0.4) is 0 Å². The Bertz CT molecular complexity index is 981. The number of benzene rings is 1. The lowest BCUT2D eigenvalue weighted by Crippen LogP contribution is -2.76. The highest BCUT2D eigenvalue weighted by atomic mass is 32.1. The summed E-state index contributed by atoms with van der Waals surface area (Å²) < 4.78 is 0. The van der Waals surface area contributed by atoms with Gasteiger partial charge in [0.1, 0.15) is 12.2 Å². The molecule has 2 aromatic rings. The molecule has 4 amide bonds. The molecule has 1 N–H and O–H groups in total. The second kappa shape index (κ2) is 9.93. The fourth-order valence-electron chi connectivity index (χ4n) is 4.62. The van der Waals surface area contributed by atoms with Crippen molar-refractivity contribution in [2.75, 3.05) is 26.7 Å². The highest BCUT2D eigenvalue weighted by Crippen LogP contribution is 2.29. The molecule has 0 bridgehead atoms. The monoisotopic (exact) mass is 469 g/mol. The van der Waals surface area contributed by atoms with E-state index < -0.39 is 12.2 Å². The minimum absolute atomic E-state index is 0.0413. The van der Waals surface area contributed by atoms with E-state index in [2.05, 4.69) is 11.4 Å². The zero-order chi connectivity index (χ0) is 23.5. The van der Waals surface area contributed by atoms with Crippen molar-refractivity contribution in [3.63, 3.8) is 0 Å². The normalized spacial score (nSPS) is 21.5. The average Bonchev–Trinajstić information content (AvgIpc) is 3.31. The van der Waals surface area contributed by atoms with Crippen LogP contribution in [0.15, 0.2) is 47.8 Å². The summed E-state index contributed by atoms with van der Waals surface area (Å²) in [7, 11) is 1.74. The van der Waals surface area contributed by atoms with E-state index in [1.807, 2.05) is 60.5 Å². The van der Waals surface area contributed by atoms with Gasteiger partial charge in [-0.2, -0.15) is 0 Å². The van der Waals surface area contributed by atoms with Gasteiger partial charge in [-0.15, -0.1) is 11.3 Å². The van der Waals surface area contributed by atoms with Gasteiger partial charge in [-0.25, -0.2) is 14.8 Å². The van der Waals surface area contributed by atoms with Gasteiger partial charge in [-0.1, -0.05) is 50.2 Å². The number of hydrazine groups is 1. The first kappa shape index (κ1) is 23.3. The summed E-state index contributed by atoms with van der Waals surface area (Å²) >= 11 is 1.67. The molecule has 2 aliphatic heterocycles. The van der Waals surface area contributed by atoms with Crippen molar-refractivity contribution in [1.29, 1.82) is 0 Å². The van der Waals surface area contributed by atoms with Gasteiger partial charge in [0.15, 0.2) is 0 Å². The van der Waals surface area contributed by atoms with Crippen LogP contribution in [0.2, 0.25) is 0 Å². The van der Waals surface area contributed by atoms with Crippen molar-refractivity contribution in [3.05, 3.63) is 58.3 Å². The van der Waals surface area contributed by atoms with Crippen molar-refractivity contribution in [2.45, 2.75) is 39.0 Å². The van der Waals surface area contributed by atoms with Crippen molar-refractivity contribution in [3.8, 4) is 0 Å². The van der Waals surface area contributed by atoms with Crippen molar-refractivity contribution in [2.24, 2.45) is 5.92 Å². The van der Waals surface area contributed by atoms with Crippen molar-refractivity contribution < 1.29 is 14.4 Å². The number of likely N-dealkylation sites (N-methyl/N-ethyl adjacent to an activating group) is 1. The van der Waals surface area contributed by atoms with E-state index in [4.69, 9.17) is 0 Å². The molecule has 176 valence electrons. The molecule has 2 saturated heterocycles. The number of thiophene rings is 1. The first-order valence-corrected chi connectivity index (χ1v) is 12.2. The predicted octanol–water partition coefficient (Wildman–Crippen LogP) is 2.38. The number of rotatable bonds is 6. The molecule has 3 heterocycles. The number of fused-ring (bicyclic) bond motifs is 1. The van der Waals surface area contributed by atoms with Gasteiger partial charge in [0, 0.05) is 25.0 Å². The van der Waals surface area contributed by atoms with Gasteiger partial charge >= 0.3 is 6.03 Å². The van der Waals surface area contributed by atoms with Crippen LogP contribution in [0.5, 0.6) is 0 Å². The molecule has 2 atom stereocenters. The molecule has 1 unspecified atom stereocenters. The lowest BCUT2D eigenvalue weighted by Gasteiger charge is -2.55. The zero-order valence-corrected chi connectivity index (χ0v) is 20.1. The minimum Gasteiger partial charge on any atom is -0.337 e. The molecule has 8 nitrogen and oxygen atoms in total.